The second-order valence-corrected chi connectivity index (χ2v) is 7.44. The van der Waals surface area contributed by atoms with Gasteiger partial charge in [-0.05, 0) is 62.9 Å². The van der Waals surface area contributed by atoms with Gasteiger partial charge in [0.1, 0.15) is 5.54 Å². The molecule has 1 unspecified atom stereocenters. The number of carbonyl (C=O) groups excluding carboxylic acids is 2. The van der Waals surface area contributed by atoms with Crippen LogP contribution in [0.1, 0.15) is 51.6 Å². The molecule has 1 atom stereocenters. The highest BCUT2D eigenvalue weighted by Gasteiger charge is 2.46. The van der Waals surface area contributed by atoms with Gasteiger partial charge in [0.2, 0.25) is 5.91 Å². The Morgan fingerprint density at radius 3 is 2.39 bits per heavy atom. The van der Waals surface area contributed by atoms with Gasteiger partial charge in [-0.3, -0.25) is 9.59 Å². The van der Waals surface area contributed by atoms with E-state index in [0.717, 1.165) is 12.0 Å². The van der Waals surface area contributed by atoms with E-state index in [1.807, 2.05) is 13.0 Å². The van der Waals surface area contributed by atoms with E-state index in [4.69, 9.17) is 0 Å². The number of anilines is 1. The van der Waals surface area contributed by atoms with E-state index in [0.29, 0.717) is 29.8 Å². The van der Waals surface area contributed by atoms with Crippen molar-refractivity contribution in [1.82, 2.24) is 4.90 Å². The molecular weight excluding hydrogens is 356 g/mol. The Balaban J connectivity index is 1.88. The Hall–Kier alpha value is -3.15. The van der Waals surface area contributed by atoms with Gasteiger partial charge < -0.3 is 15.3 Å². The average Bonchev–Trinajstić information content (AvgIpc) is 3.06. The van der Waals surface area contributed by atoms with Crippen LogP contribution in [0.25, 0.3) is 0 Å². The number of carboxylic acids is 1. The van der Waals surface area contributed by atoms with Gasteiger partial charge in [0, 0.05) is 17.8 Å². The molecule has 6 heteroatoms. The lowest BCUT2D eigenvalue weighted by Gasteiger charge is -2.34. The molecule has 2 N–H and O–H groups in total. The average molecular weight is 380 g/mol. The van der Waals surface area contributed by atoms with Crippen LogP contribution in [-0.2, 0) is 4.79 Å². The molecule has 0 bridgehead atoms. The Bertz CT molecular complexity index is 939. The number of benzene rings is 2. The first-order chi connectivity index (χ1) is 13.2. The van der Waals surface area contributed by atoms with Gasteiger partial charge in [-0.15, -0.1) is 0 Å². The first-order valence-electron chi connectivity index (χ1n) is 9.27. The second-order valence-electron chi connectivity index (χ2n) is 7.44. The first-order valence-corrected chi connectivity index (χ1v) is 9.27. The molecule has 0 saturated carbocycles. The fourth-order valence-corrected chi connectivity index (χ4v) is 3.74. The summed E-state index contributed by atoms with van der Waals surface area (Å²) in [4.78, 5) is 39.1. The summed E-state index contributed by atoms with van der Waals surface area (Å²) in [5, 5.41) is 12.2. The summed E-state index contributed by atoms with van der Waals surface area (Å²) in [6.45, 7) is 5.81. The van der Waals surface area contributed by atoms with Crippen LogP contribution in [0.3, 0.4) is 0 Å². The molecular formula is C22H24N2O4. The fraction of sp³-hybridized carbons (Fsp3) is 0.318. The van der Waals surface area contributed by atoms with Gasteiger partial charge >= 0.3 is 5.97 Å². The van der Waals surface area contributed by atoms with Crippen molar-refractivity contribution < 1.29 is 19.5 Å². The topological polar surface area (TPSA) is 86.7 Å². The number of likely N-dealkylation sites (tertiary alicyclic amines) is 1. The molecule has 3 rings (SSSR count). The number of carbonyl (C=O) groups is 3. The summed E-state index contributed by atoms with van der Waals surface area (Å²) < 4.78 is 0. The van der Waals surface area contributed by atoms with E-state index in [2.05, 4.69) is 5.32 Å². The van der Waals surface area contributed by atoms with Crippen LogP contribution in [-0.4, -0.2) is 39.9 Å². The molecule has 0 aromatic heterocycles. The number of amides is 2. The lowest BCUT2D eigenvalue weighted by atomic mass is 9.96. The molecule has 0 aliphatic carbocycles. The van der Waals surface area contributed by atoms with Crippen LogP contribution >= 0.6 is 0 Å². The van der Waals surface area contributed by atoms with Gasteiger partial charge in [-0.25, -0.2) is 4.79 Å². The third kappa shape index (κ3) is 3.50. The molecule has 1 fully saturated rings. The Morgan fingerprint density at radius 2 is 1.75 bits per heavy atom. The summed E-state index contributed by atoms with van der Waals surface area (Å²) >= 11 is 0. The summed E-state index contributed by atoms with van der Waals surface area (Å²) in [5.74, 6) is -1.53. The Labute approximate surface area is 164 Å². The summed E-state index contributed by atoms with van der Waals surface area (Å²) in [5.41, 5.74) is 1.56. The van der Waals surface area contributed by atoms with Crippen molar-refractivity contribution in [2.75, 3.05) is 11.9 Å². The normalized spacial score (nSPS) is 18.8. The lowest BCUT2D eigenvalue weighted by Crippen LogP contribution is -2.53. The maximum atomic E-state index is 13.1. The van der Waals surface area contributed by atoms with E-state index in [1.165, 1.54) is 6.07 Å². The predicted octanol–water partition coefficient (Wildman–Crippen LogP) is 3.64. The van der Waals surface area contributed by atoms with Crippen LogP contribution in [0.2, 0.25) is 0 Å². The molecule has 28 heavy (non-hydrogen) atoms. The van der Waals surface area contributed by atoms with Gasteiger partial charge in [0.25, 0.3) is 5.91 Å². The van der Waals surface area contributed by atoms with Crippen molar-refractivity contribution in [2.24, 2.45) is 0 Å². The minimum absolute atomic E-state index is 0.148. The standard InChI is InChI=1S/C22H24N2O4/c1-14-12-15(2)18(13-17(14)20(26)27)23-21(28)22(3)10-7-11-24(22)19(25)16-8-5-4-6-9-16/h4-6,8-9,12-13H,7,10-11H2,1-3H3,(H,23,28)(H,26,27). The summed E-state index contributed by atoms with van der Waals surface area (Å²) in [6, 6.07) is 12.1. The van der Waals surface area contributed by atoms with E-state index in [1.54, 1.807) is 49.1 Å². The van der Waals surface area contributed by atoms with Crippen molar-refractivity contribution in [3.05, 3.63) is 64.7 Å². The minimum atomic E-state index is -1.04. The summed E-state index contributed by atoms with van der Waals surface area (Å²) in [7, 11) is 0. The molecule has 146 valence electrons. The molecule has 2 aromatic carbocycles. The number of aryl methyl sites for hydroxylation is 2. The molecule has 1 saturated heterocycles. The smallest absolute Gasteiger partial charge is 0.336 e. The zero-order chi connectivity index (χ0) is 20.5. The molecule has 1 aliphatic heterocycles. The van der Waals surface area contributed by atoms with E-state index in [-0.39, 0.29) is 17.4 Å². The van der Waals surface area contributed by atoms with Crippen LogP contribution in [0.5, 0.6) is 0 Å². The van der Waals surface area contributed by atoms with Crippen molar-refractivity contribution in [3.63, 3.8) is 0 Å². The molecule has 2 aromatic rings. The monoisotopic (exact) mass is 380 g/mol. The third-order valence-corrected chi connectivity index (χ3v) is 5.45. The largest absolute Gasteiger partial charge is 0.478 e. The highest BCUT2D eigenvalue weighted by molar-refractivity contribution is 6.04. The molecule has 0 radical (unpaired) electrons. The molecule has 1 aliphatic rings. The number of nitrogens with one attached hydrogen (secondary N) is 1. The molecule has 6 nitrogen and oxygen atoms in total. The summed E-state index contributed by atoms with van der Waals surface area (Å²) in [6.07, 6.45) is 1.28. The number of rotatable bonds is 4. The first kappa shape index (κ1) is 19.6. The number of aromatic carboxylic acids is 1. The van der Waals surface area contributed by atoms with Crippen molar-refractivity contribution in [3.8, 4) is 0 Å². The van der Waals surface area contributed by atoms with Crippen LogP contribution in [0.15, 0.2) is 42.5 Å². The number of hydrogen-bond acceptors (Lipinski definition) is 3. The lowest BCUT2D eigenvalue weighted by molar-refractivity contribution is -0.124. The zero-order valence-electron chi connectivity index (χ0n) is 16.3. The Kier molecular flexibility index (Phi) is 5.23. The minimum Gasteiger partial charge on any atom is -0.478 e. The maximum Gasteiger partial charge on any atom is 0.336 e. The number of nitrogens with zero attached hydrogens (tertiary/aromatic N) is 1. The van der Waals surface area contributed by atoms with E-state index < -0.39 is 11.5 Å². The van der Waals surface area contributed by atoms with Gasteiger partial charge in [-0.2, -0.15) is 0 Å². The van der Waals surface area contributed by atoms with E-state index in [9.17, 15) is 19.5 Å². The van der Waals surface area contributed by atoms with Crippen molar-refractivity contribution in [1.29, 1.82) is 0 Å². The Morgan fingerprint density at radius 1 is 1.07 bits per heavy atom. The fourth-order valence-electron chi connectivity index (χ4n) is 3.74. The second kappa shape index (κ2) is 7.46. The van der Waals surface area contributed by atoms with Crippen molar-refractivity contribution in [2.45, 2.75) is 39.2 Å². The molecule has 1 heterocycles. The number of hydrogen-bond donors (Lipinski definition) is 2. The van der Waals surface area contributed by atoms with Gasteiger partial charge in [0.05, 0.1) is 5.56 Å². The van der Waals surface area contributed by atoms with Crippen molar-refractivity contribution >= 4 is 23.5 Å². The quantitative estimate of drug-likeness (QED) is 0.848. The predicted molar refractivity (Wildman–Crippen MR) is 107 cm³/mol. The third-order valence-electron chi connectivity index (χ3n) is 5.45. The zero-order valence-corrected chi connectivity index (χ0v) is 16.3. The highest BCUT2D eigenvalue weighted by Crippen LogP contribution is 2.32. The molecule has 0 spiro atoms. The van der Waals surface area contributed by atoms with Crippen LogP contribution < -0.4 is 5.32 Å². The van der Waals surface area contributed by atoms with Crippen LogP contribution in [0.4, 0.5) is 5.69 Å². The molecule has 2 amide bonds. The van der Waals surface area contributed by atoms with E-state index >= 15 is 0 Å². The maximum absolute atomic E-state index is 13.1. The highest BCUT2D eigenvalue weighted by atomic mass is 16.4. The van der Waals surface area contributed by atoms with Crippen LogP contribution in [0, 0.1) is 13.8 Å². The number of carboxylic acid groups (broad SMARTS) is 1. The SMILES string of the molecule is Cc1cc(C)c(C(=O)O)cc1NC(=O)C1(C)CCCN1C(=O)c1ccccc1. The van der Waals surface area contributed by atoms with Gasteiger partial charge in [0.15, 0.2) is 0 Å². The van der Waals surface area contributed by atoms with Gasteiger partial charge in [-0.1, -0.05) is 24.3 Å².